The Kier molecular flexibility index (Phi) is 5.96. The first-order valence-corrected chi connectivity index (χ1v) is 13.3. The molecule has 6 rings (SSSR count). The molecule has 39 heavy (non-hydrogen) atoms. The number of hydrogen-bond donors (Lipinski definition) is 5. The Bertz CT molecular complexity index is 1400. The van der Waals surface area contributed by atoms with Crippen LogP contribution < -0.4 is 4.74 Å². The van der Waals surface area contributed by atoms with Gasteiger partial charge in [0.15, 0.2) is 11.4 Å². The quantitative estimate of drug-likeness (QED) is 0.365. The number of aliphatic hydroxyl groups is 3. The van der Waals surface area contributed by atoms with Gasteiger partial charge in [0.25, 0.3) is 0 Å². The molecule has 4 aliphatic rings. The standard InChI is InChI=1S/C29H32O10/c1-13-10-15-11-16(25(34)35)12-19(21(15)22(31)20(13)14(2)30)38-26-23(32)24(33)28-8-6-17-4-3-5-18(7-9-37-28)29(17,36)27(28)39-26/h7,9-12,17-18,23-24,26-27,31-33,36H,3-6,8H2,1-2H3,(H,34,35). The summed E-state index contributed by atoms with van der Waals surface area (Å²) < 4.78 is 18.4. The number of benzene rings is 2. The van der Waals surface area contributed by atoms with Crippen molar-refractivity contribution >= 4 is 22.5 Å². The molecule has 0 aromatic heterocycles. The average Bonchev–Trinajstić information content (AvgIpc) is 2.99. The number of aryl methyl sites for hydroxylation is 1. The van der Waals surface area contributed by atoms with Crippen molar-refractivity contribution in [3.63, 3.8) is 0 Å². The van der Waals surface area contributed by atoms with Gasteiger partial charge in [-0.25, -0.2) is 4.79 Å². The number of hydrogen-bond acceptors (Lipinski definition) is 9. The van der Waals surface area contributed by atoms with Gasteiger partial charge in [-0.1, -0.05) is 12.5 Å². The summed E-state index contributed by atoms with van der Waals surface area (Å²) in [4.78, 5) is 24.2. The van der Waals surface area contributed by atoms with Crippen molar-refractivity contribution in [2.75, 3.05) is 0 Å². The number of rotatable bonds is 4. The van der Waals surface area contributed by atoms with E-state index in [1.165, 1.54) is 25.3 Å². The first-order chi connectivity index (χ1) is 18.5. The molecule has 3 fully saturated rings. The fraction of sp³-hybridized carbons (Fsp3) is 0.517. The lowest BCUT2D eigenvalue weighted by atomic mass is 9.55. The number of ketones is 1. The first kappa shape index (κ1) is 26.1. The van der Waals surface area contributed by atoms with Crippen LogP contribution in [0.25, 0.3) is 10.8 Å². The SMILES string of the molecule is CC(=O)c1c(C)cc2cc(C(=O)O)cc(OC3OC4C5(CCC6CCCC(C=CO5)C64O)C(O)C3O)c2c1O. The number of carbonyl (C=O) groups is 2. The Morgan fingerprint density at radius 3 is 2.62 bits per heavy atom. The van der Waals surface area contributed by atoms with Crippen molar-refractivity contribution in [3.8, 4) is 11.5 Å². The average molecular weight is 541 g/mol. The molecule has 208 valence electrons. The molecule has 10 nitrogen and oxygen atoms in total. The highest BCUT2D eigenvalue weighted by molar-refractivity contribution is 6.08. The van der Waals surface area contributed by atoms with Crippen LogP contribution in [-0.4, -0.2) is 73.1 Å². The second kappa shape index (κ2) is 8.92. The molecule has 5 N–H and O–H groups in total. The lowest BCUT2D eigenvalue weighted by Crippen LogP contribution is -2.77. The molecule has 8 unspecified atom stereocenters. The van der Waals surface area contributed by atoms with Crippen LogP contribution in [0.2, 0.25) is 0 Å². The van der Waals surface area contributed by atoms with Gasteiger partial charge < -0.3 is 39.7 Å². The normalized spacial score (nSPS) is 36.9. The van der Waals surface area contributed by atoms with Gasteiger partial charge >= 0.3 is 5.97 Å². The molecular formula is C29H32O10. The maximum atomic E-state index is 12.3. The number of phenols is 1. The molecule has 2 aromatic rings. The smallest absolute Gasteiger partial charge is 0.335 e. The molecule has 2 aliphatic carbocycles. The zero-order valence-electron chi connectivity index (χ0n) is 21.7. The van der Waals surface area contributed by atoms with Gasteiger partial charge in [0.2, 0.25) is 6.29 Å². The van der Waals surface area contributed by atoms with Gasteiger partial charge in [0.1, 0.15) is 35.4 Å². The van der Waals surface area contributed by atoms with Gasteiger partial charge in [0, 0.05) is 5.92 Å². The van der Waals surface area contributed by atoms with Crippen molar-refractivity contribution < 1.29 is 49.3 Å². The van der Waals surface area contributed by atoms with E-state index >= 15 is 0 Å². The van der Waals surface area contributed by atoms with E-state index in [0.717, 1.165) is 12.8 Å². The third-order valence-electron chi connectivity index (χ3n) is 9.25. The Balaban J connectivity index is 1.46. The van der Waals surface area contributed by atoms with Crippen LogP contribution in [0.3, 0.4) is 0 Å². The van der Waals surface area contributed by atoms with Gasteiger partial charge in [-0.15, -0.1) is 0 Å². The topological polar surface area (TPSA) is 163 Å². The van der Waals surface area contributed by atoms with E-state index in [-0.39, 0.29) is 34.1 Å². The minimum atomic E-state index is -1.64. The lowest BCUT2D eigenvalue weighted by molar-refractivity contribution is -0.363. The molecule has 2 aromatic carbocycles. The monoisotopic (exact) mass is 540 g/mol. The third-order valence-corrected chi connectivity index (χ3v) is 9.25. The predicted molar refractivity (Wildman–Crippen MR) is 137 cm³/mol. The van der Waals surface area contributed by atoms with Crippen molar-refractivity contribution in [1.29, 1.82) is 0 Å². The van der Waals surface area contributed by atoms with Crippen LogP contribution in [-0.2, 0) is 9.47 Å². The molecule has 10 heteroatoms. The number of aromatic hydroxyl groups is 1. The number of ether oxygens (including phenoxy) is 3. The van der Waals surface area contributed by atoms with Crippen molar-refractivity contribution in [2.45, 2.75) is 81.8 Å². The second-order valence-corrected chi connectivity index (χ2v) is 11.4. The molecule has 0 radical (unpaired) electrons. The number of aliphatic hydroxyl groups excluding tert-OH is 2. The minimum absolute atomic E-state index is 0.0550. The van der Waals surface area contributed by atoms with Crippen LogP contribution in [0.4, 0.5) is 0 Å². The van der Waals surface area contributed by atoms with E-state index in [1.807, 2.05) is 0 Å². The van der Waals surface area contributed by atoms with E-state index < -0.39 is 53.3 Å². The summed E-state index contributed by atoms with van der Waals surface area (Å²) in [5, 5.41) is 56.0. The highest BCUT2D eigenvalue weighted by Crippen LogP contribution is 2.57. The van der Waals surface area contributed by atoms with Crippen molar-refractivity contribution in [2.24, 2.45) is 11.8 Å². The Morgan fingerprint density at radius 2 is 1.90 bits per heavy atom. The Labute approximate surface area is 224 Å². The van der Waals surface area contributed by atoms with Crippen LogP contribution in [0, 0.1) is 18.8 Å². The summed E-state index contributed by atoms with van der Waals surface area (Å²) in [6.07, 6.45) is 0.907. The first-order valence-electron chi connectivity index (χ1n) is 13.3. The fourth-order valence-electron chi connectivity index (χ4n) is 7.44. The largest absolute Gasteiger partial charge is 0.506 e. The predicted octanol–water partition coefficient (Wildman–Crippen LogP) is 2.80. The summed E-state index contributed by atoms with van der Waals surface area (Å²) in [6.45, 7) is 2.93. The second-order valence-electron chi connectivity index (χ2n) is 11.4. The zero-order valence-corrected chi connectivity index (χ0v) is 21.7. The molecule has 2 heterocycles. The molecule has 1 saturated heterocycles. The van der Waals surface area contributed by atoms with E-state index in [2.05, 4.69) is 0 Å². The molecule has 2 saturated carbocycles. The van der Waals surface area contributed by atoms with Crippen LogP contribution in [0.1, 0.15) is 65.3 Å². The van der Waals surface area contributed by atoms with Crippen LogP contribution >= 0.6 is 0 Å². The molecule has 2 aliphatic heterocycles. The number of Topliss-reactive ketones (excluding diaryl/α,β-unsaturated/α-hetero) is 1. The van der Waals surface area contributed by atoms with Gasteiger partial charge in [-0.3, -0.25) is 4.79 Å². The number of carboxylic acids is 1. The summed E-state index contributed by atoms with van der Waals surface area (Å²) in [5.41, 5.74) is -2.42. The summed E-state index contributed by atoms with van der Waals surface area (Å²) in [5.74, 6) is -2.58. The molecular weight excluding hydrogens is 508 g/mol. The van der Waals surface area contributed by atoms with Gasteiger partial charge in [0.05, 0.1) is 22.8 Å². The van der Waals surface area contributed by atoms with Crippen molar-refractivity contribution in [1.82, 2.24) is 0 Å². The lowest BCUT2D eigenvalue weighted by Gasteiger charge is -2.61. The minimum Gasteiger partial charge on any atom is -0.506 e. The maximum Gasteiger partial charge on any atom is 0.335 e. The molecule has 0 spiro atoms. The molecule has 8 atom stereocenters. The Hall–Kier alpha value is -3.18. The Morgan fingerprint density at radius 1 is 1.13 bits per heavy atom. The summed E-state index contributed by atoms with van der Waals surface area (Å²) >= 11 is 0. The molecule has 0 amide bonds. The van der Waals surface area contributed by atoms with Gasteiger partial charge in [-0.05, 0) is 74.6 Å². The fourth-order valence-corrected chi connectivity index (χ4v) is 7.44. The number of carboxylic acid groups (broad SMARTS) is 1. The van der Waals surface area contributed by atoms with Crippen LogP contribution in [0.5, 0.6) is 11.5 Å². The third kappa shape index (κ3) is 3.62. The van der Waals surface area contributed by atoms with Crippen molar-refractivity contribution in [3.05, 3.63) is 47.2 Å². The number of fused-ring (bicyclic) bond motifs is 1. The highest BCUT2D eigenvalue weighted by Gasteiger charge is 2.70. The van der Waals surface area contributed by atoms with E-state index in [9.17, 15) is 35.1 Å². The number of aromatic carboxylic acids is 1. The van der Waals surface area contributed by atoms with E-state index in [4.69, 9.17) is 14.2 Å². The molecule has 2 bridgehead atoms. The van der Waals surface area contributed by atoms with Gasteiger partial charge in [-0.2, -0.15) is 0 Å². The summed E-state index contributed by atoms with van der Waals surface area (Å²) in [7, 11) is 0. The maximum absolute atomic E-state index is 12.3. The van der Waals surface area contributed by atoms with E-state index in [0.29, 0.717) is 30.2 Å². The summed E-state index contributed by atoms with van der Waals surface area (Å²) in [6, 6.07) is 4.10. The van der Waals surface area contributed by atoms with Crippen LogP contribution in [0.15, 0.2) is 30.5 Å². The zero-order chi connectivity index (χ0) is 27.9. The number of phenolic OH excluding ortho intramolecular Hbond substituents is 1. The van der Waals surface area contributed by atoms with E-state index in [1.54, 1.807) is 19.1 Å². The highest BCUT2D eigenvalue weighted by atomic mass is 16.7. The number of carbonyl (C=O) groups excluding carboxylic acids is 1.